The Labute approximate surface area is 190 Å². The molecule has 0 saturated carbocycles. The lowest BCUT2D eigenvalue weighted by molar-refractivity contribution is 0.0600. The fourth-order valence-electron chi connectivity index (χ4n) is 4.57. The Kier molecular flexibility index (Phi) is 5.12. The molecule has 2 aromatic heterocycles. The van der Waals surface area contributed by atoms with E-state index in [-0.39, 0.29) is 11.9 Å². The number of amides is 1. The molecule has 5 rings (SSSR count). The molecule has 8 heteroatoms. The zero-order valence-electron chi connectivity index (χ0n) is 18.6. The molecule has 1 atom stereocenters. The zero-order chi connectivity index (χ0) is 23.1. The third-order valence-electron chi connectivity index (χ3n) is 6.29. The summed E-state index contributed by atoms with van der Waals surface area (Å²) in [6, 6.07) is 12.8. The summed E-state index contributed by atoms with van der Waals surface area (Å²) >= 11 is 0. The van der Waals surface area contributed by atoms with Crippen molar-refractivity contribution in [2.45, 2.75) is 19.4 Å². The molecule has 1 aliphatic heterocycles. The van der Waals surface area contributed by atoms with Gasteiger partial charge in [0.25, 0.3) is 5.91 Å². The number of methoxy groups -OCH3 is 2. The first-order chi connectivity index (χ1) is 16.0. The average Bonchev–Trinajstić information content (AvgIpc) is 3.51. The lowest BCUT2D eigenvalue weighted by Gasteiger charge is -2.26. The van der Waals surface area contributed by atoms with Gasteiger partial charge in [-0.25, -0.2) is 4.79 Å². The third kappa shape index (κ3) is 3.44. The largest absolute Gasteiger partial charge is 0.497 e. The van der Waals surface area contributed by atoms with Crippen molar-refractivity contribution in [3.05, 3.63) is 82.3 Å². The molecule has 2 N–H and O–H groups in total. The van der Waals surface area contributed by atoms with Gasteiger partial charge >= 0.3 is 5.97 Å². The summed E-state index contributed by atoms with van der Waals surface area (Å²) in [5, 5.41) is 8.29. The van der Waals surface area contributed by atoms with Crippen LogP contribution >= 0.6 is 0 Å². The molecular weight excluding hydrogens is 420 g/mol. The monoisotopic (exact) mass is 444 g/mol. The summed E-state index contributed by atoms with van der Waals surface area (Å²) in [5.41, 5.74) is 5.71. The Morgan fingerprint density at radius 2 is 1.94 bits per heavy atom. The summed E-state index contributed by atoms with van der Waals surface area (Å²) in [5.74, 6) is 0.296. The highest BCUT2D eigenvalue weighted by Crippen LogP contribution is 2.39. The number of esters is 1. The molecule has 0 fully saturated rings. The molecule has 0 spiro atoms. The van der Waals surface area contributed by atoms with E-state index < -0.39 is 5.97 Å². The number of ether oxygens (including phenoxy) is 2. The molecular formula is C25H24N4O4. The van der Waals surface area contributed by atoms with E-state index in [1.54, 1.807) is 19.2 Å². The summed E-state index contributed by atoms with van der Waals surface area (Å²) in [4.78, 5) is 30.3. The van der Waals surface area contributed by atoms with Crippen LogP contribution in [0.1, 0.15) is 49.3 Å². The van der Waals surface area contributed by atoms with Gasteiger partial charge in [0.15, 0.2) is 5.69 Å². The lowest BCUT2D eigenvalue weighted by Crippen LogP contribution is -2.31. The molecule has 0 saturated heterocycles. The van der Waals surface area contributed by atoms with E-state index in [0.717, 1.165) is 39.0 Å². The van der Waals surface area contributed by atoms with Crippen LogP contribution in [0.3, 0.4) is 0 Å². The molecule has 1 aliphatic rings. The van der Waals surface area contributed by atoms with Crippen LogP contribution in [0.2, 0.25) is 0 Å². The van der Waals surface area contributed by atoms with Crippen molar-refractivity contribution in [3.8, 4) is 5.75 Å². The van der Waals surface area contributed by atoms with E-state index in [9.17, 15) is 9.59 Å². The number of hydrogen-bond acceptors (Lipinski definition) is 5. The van der Waals surface area contributed by atoms with Gasteiger partial charge in [0.05, 0.1) is 25.8 Å². The number of benzene rings is 2. The number of nitrogens with zero attached hydrogens (tertiary/aromatic N) is 2. The van der Waals surface area contributed by atoms with Crippen LogP contribution in [-0.4, -0.2) is 52.7 Å². The molecule has 2 aromatic carbocycles. The quantitative estimate of drug-likeness (QED) is 0.441. The van der Waals surface area contributed by atoms with Crippen LogP contribution in [0, 0.1) is 6.92 Å². The molecule has 1 amide bonds. The van der Waals surface area contributed by atoms with Crippen molar-refractivity contribution in [1.82, 2.24) is 20.1 Å². The minimum absolute atomic E-state index is 0.103. The second kappa shape index (κ2) is 8.12. The molecule has 0 aliphatic carbocycles. The van der Waals surface area contributed by atoms with Gasteiger partial charge in [-0.05, 0) is 54.8 Å². The van der Waals surface area contributed by atoms with Crippen molar-refractivity contribution in [1.29, 1.82) is 0 Å². The second-order valence-electron chi connectivity index (χ2n) is 8.10. The smallest absolute Gasteiger partial charge is 0.337 e. The van der Waals surface area contributed by atoms with Crippen molar-refractivity contribution in [2.75, 3.05) is 20.8 Å². The predicted octanol–water partition coefficient (Wildman–Crippen LogP) is 3.78. The van der Waals surface area contributed by atoms with Crippen LogP contribution in [0.25, 0.3) is 10.9 Å². The van der Waals surface area contributed by atoms with Gasteiger partial charge in [-0.15, -0.1) is 0 Å². The highest BCUT2D eigenvalue weighted by atomic mass is 16.5. The summed E-state index contributed by atoms with van der Waals surface area (Å²) < 4.78 is 10.2. The van der Waals surface area contributed by atoms with E-state index >= 15 is 0 Å². The van der Waals surface area contributed by atoms with E-state index in [4.69, 9.17) is 9.47 Å². The van der Waals surface area contributed by atoms with Crippen LogP contribution in [0.5, 0.6) is 5.75 Å². The van der Waals surface area contributed by atoms with Gasteiger partial charge in [0, 0.05) is 34.9 Å². The van der Waals surface area contributed by atoms with Gasteiger partial charge in [-0.3, -0.25) is 9.89 Å². The Morgan fingerprint density at radius 3 is 2.67 bits per heavy atom. The van der Waals surface area contributed by atoms with E-state index in [1.165, 1.54) is 7.11 Å². The average molecular weight is 444 g/mol. The summed E-state index contributed by atoms with van der Waals surface area (Å²) in [6.07, 6.45) is 2.65. The number of aryl methyl sites for hydroxylation is 1. The van der Waals surface area contributed by atoms with Crippen molar-refractivity contribution in [2.24, 2.45) is 0 Å². The van der Waals surface area contributed by atoms with Gasteiger partial charge in [-0.1, -0.05) is 12.1 Å². The van der Waals surface area contributed by atoms with Crippen LogP contribution in [0.4, 0.5) is 0 Å². The number of hydrogen-bond donors (Lipinski definition) is 2. The predicted molar refractivity (Wildman–Crippen MR) is 123 cm³/mol. The molecule has 0 unspecified atom stereocenters. The SMILES string of the molecule is COC(=O)c1ccc([C@@H]2c3c(n[nH]c3C)C(=O)N2CCc2c[nH]c3ccc(OC)cc23)cc1. The van der Waals surface area contributed by atoms with E-state index in [0.29, 0.717) is 24.2 Å². The maximum atomic E-state index is 13.3. The number of fused-ring (bicyclic) bond motifs is 2. The molecule has 8 nitrogen and oxygen atoms in total. The Bertz CT molecular complexity index is 1350. The summed E-state index contributed by atoms with van der Waals surface area (Å²) in [6.45, 7) is 2.44. The second-order valence-corrected chi connectivity index (χ2v) is 8.10. The molecule has 4 aromatic rings. The first kappa shape index (κ1) is 20.8. The molecule has 0 bridgehead atoms. The summed E-state index contributed by atoms with van der Waals surface area (Å²) in [7, 11) is 3.01. The highest BCUT2D eigenvalue weighted by molar-refractivity contribution is 5.98. The van der Waals surface area contributed by atoms with Crippen molar-refractivity contribution >= 4 is 22.8 Å². The number of carbonyl (C=O) groups excluding carboxylic acids is 2. The van der Waals surface area contributed by atoms with Crippen LogP contribution in [-0.2, 0) is 11.2 Å². The first-order valence-corrected chi connectivity index (χ1v) is 10.7. The Balaban J connectivity index is 1.47. The number of carbonyl (C=O) groups is 2. The van der Waals surface area contributed by atoms with E-state index in [2.05, 4.69) is 15.2 Å². The number of rotatable bonds is 6. The van der Waals surface area contributed by atoms with Crippen molar-refractivity contribution < 1.29 is 19.1 Å². The number of nitrogens with one attached hydrogen (secondary N) is 2. The van der Waals surface area contributed by atoms with E-state index in [1.807, 2.05) is 48.4 Å². The fourth-order valence-corrected chi connectivity index (χ4v) is 4.57. The molecule has 3 heterocycles. The lowest BCUT2D eigenvalue weighted by atomic mass is 9.98. The zero-order valence-corrected chi connectivity index (χ0v) is 18.6. The van der Waals surface area contributed by atoms with Gasteiger partial charge in [0.1, 0.15) is 5.75 Å². The number of aromatic amines is 2. The molecule has 33 heavy (non-hydrogen) atoms. The minimum Gasteiger partial charge on any atom is -0.497 e. The maximum absolute atomic E-state index is 13.3. The standard InChI is InChI=1S/C25H24N4O4/c1-14-21-22(28-27-14)24(30)29(23(21)15-4-6-16(7-5-15)25(31)33-3)11-10-17-13-26-20-9-8-18(32-2)12-19(17)20/h4-9,12-13,23,26H,10-11H2,1-3H3,(H,27,28)/t23-/m1/s1. The highest BCUT2D eigenvalue weighted by Gasteiger charge is 2.41. The molecule has 168 valence electrons. The van der Waals surface area contributed by atoms with Crippen LogP contribution in [0.15, 0.2) is 48.7 Å². The number of aromatic nitrogens is 3. The third-order valence-corrected chi connectivity index (χ3v) is 6.29. The maximum Gasteiger partial charge on any atom is 0.337 e. The Morgan fingerprint density at radius 1 is 1.15 bits per heavy atom. The number of H-pyrrole nitrogens is 2. The van der Waals surface area contributed by atoms with Gasteiger partial charge < -0.3 is 19.4 Å². The molecule has 0 radical (unpaired) electrons. The first-order valence-electron chi connectivity index (χ1n) is 10.7. The van der Waals surface area contributed by atoms with Crippen molar-refractivity contribution in [3.63, 3.8) is 0 Å². The van der Waals surface area contributed by atoms with Gasteiger partial charge in [0.2, 0.25) is 0 Å². The fraction of sp³-hybridized carbons (Fsp3) is 0.240. The van der Waals surface area contributed by atoms with Crippen LogP contribution < -0.4 is 4.74 Å². The van der Waals surface area contributed by atoms with Gasteiger partial charge in [-0.2, -0.15) is 5.10 Å². The normalized spacial score (nSPS) is 15.2. The minimum atomic E-state index is -0.393. The topological polar surface area (TPSA) is 100 Å². The Hall–Kier alpha value is -4.07.